The Hall–Kier alpha value is -5.20. The molecule has 2 heterocycles. The van der Waals surface area contributed by atoms with E-state index in [1.807, 2.05) is 137 Å². The van der Waals surface area contributed by atoms with Crippen LogP contribution in [0.25, 0.3) is 0 Å². The van der Waals surface area contributed by atoms with Crippen molar-refractivity contribution < 1.29 is 37.5 Å². The van der Waals surface area contributed by atoms with Gasteiger partial charge in [0.1, 0.15) is 35.4 Å². The number of nitrogens with one attached hydrogen (secondary N) is 1. The van der Waals surface area contributed by atoms with Gasteiger partial charge in [-0.15, -0.1) is 0 Å². The average molecular weight is 881 g/mol. The molecule has 1 N–H and O–H groups in total. The molecule has 334 valence electrons. The molecule has 1 saturated heterocycles. The first kappa shape index (κ1) is 47.3. The molecule has 0 bridgehead atoms. The number of methoxy groups -OCH3 is 2. The number of aromatic nitrogens is 2. The van der Waals surface area contributed by atoms with Crippen molar-refractivity contribution in [1.82, 2.24) is 14.2 Å². The summed E-state index contributed by atoms with van der Waals surface area (Å²) in [6.07, 6.45) is -3.36. The molecule has 5 aromatic rings. The first-order valence-electron chi connectivity index (χ1n) is 21.0. The topological polar surface area (TPSA) is 156 Å². The van der Waals surface area contributed by atoms with Crippen LogP contribution in [0.4, 0.5) is 0 Å². The summed E-state index contributed by atoms with van der Waals surface area (Å²) >= 11 is 0. The molecule has 2 unspecified atom stereocenters. The summed E-state index contributed by atoms with van der Waals surface area (Å²) in [5.74, 6) is 1.34. The highest BCUT2D eigenvalue weighted by Crippen LogP contribution is 2.51. The van der Waals surface area contributed by atoms with E-state index in [9.17, 15) is 14.9 Å². The molecule has 6 atom stereocenters. The molecule has 15 heteroatoms. The normalized spacial score (nSPS) is 18.7. The summed E-state index contributed by atoms with van der Waals surface area (Å²) in [7, 11) is 1.36. The maximum absolute atomic E-state index is 13.6. The number of H-pyrrole nitrogens is 1. The van der Waals surface area contributed by atoms with Gasteiger partial charge in [-0.1, -0.05) is 84.9 Å². The zero-order chi connectivity index (χ0) is 44.9. The summed E-state index contributed by atoms with van der Waals surface area (Å²) in [4.78, 5) is 28.4. The van der Waals surface area contributed by atoms with Gasteiger partial charge in [0, 0.05) is 24.3 Å². The lowest BCUT2D eigenvalue weighted by Crippen LogP contribution is -2.44. The van der Waals surface area contributed by atoms with Gasteiger partial charge in [-0.2, -0.15) is 5.26 Å². The van der Waals surface area contributed by atoms with Gasteiger partial charge in [-0.05, 0) is 81.1 Å². The molecule has 63 heavy (non-hydrogen) atoms. The highest BCUT2D eigenvalue weighted by molar-refractivity contribution is 7.44. The van der Waals surface area contributed by atoms with Crippen LogP contribution < -0.4 is 20.7 Å². The molecule has 4 aromatic carbocycles. The first-order valence-corrected chi connectivity index (χ1v) is 22.1. The minimum atomic E-state index is -1.88. The van der Waals surface area contributed by atoms with Crippen LogP contribution in [0.2, 0.25) is 0 Å². The summed E-state index contributed by atoms with van der Waals surface area (Å²) < 4.78 is 55.4. The van der Waals surface area contributed by atoms with Crippen molar-refractivity contribution >= 4 is 8.53 Å². The van der Waals surface area contributed by atoms with Crippen molar-refractivity contribution in [2.45, 2.75) is 96.2 Å². The Kier molecular flexibility index (Phi) is 16.8. The SMILES string of the molecule is COc1ccc(C(OC[C@H]2O[C@@H](n3ccc(=O)[nH]c3=O)[C@H](OC(C)OCc3ccccc3)[C@@H]2OP(OCCC#N)N(C(C)C)C(C)C)(c2ccccc2)c2ccc(OC)cc2)cc1. The second-order valence-electron chi connectivity index (χ2n) is 15.5. The van der Waals surface area contributed by atoms with Crippen LogP contribution in [-0.4, -0.2) is 78.3 Å². The fraction of sp³-hybridized carbons (Fsp3) is 0.396. The van der Waals surface area contributed by atoms with E-state index in [4.69, 9.17) is 37.5 Å². The summed E-state index contributed by atoms with van der Waals surface area (Å²) in [6.45, 7) is 10.2. The standard InChI is InChI=1S/C48H57N4O10P/c1-33(2)52(34(3)4)63(59-30-14-28-49)62-44-42(61-46(51-29-27-43(53)50-47(51)54)45(44)60-35(5)57-31-36-15-10-8-11-16-36)32-58-48(37-17-12-9-13-18-37,38-19-23-40(55-6)24-20-38)39-21-25-41(56-7)26-22-39/h8-13,15-27,29,33-35,42,44-46H,14,30-32H2,1-7H3,(H,50,53,54)/t35?,42-,44-,45-,46-,63?/m1/s1. The van der Waals surface area contributed by atoms with Crippen LogP contribution in [0.5, 0.6) is 11.5 Å². The average Bonchev–Trinajstić information content (AvgIpc) is 3.61. The lowest BCUT2D eigenvalue weighted by Gasteiger charge is -2.39. The molecular formula is C48H57N4O10P. The predicted octanol–water partition coefficient (Wildman–Crippen LogP) is 8.07. The first-order chi connectivity index (χ1) is 30.5. The van der Waals surface area contributed by atoms with Gasteiger partial charge in [0.15, 0.2) is 12.5 Å². The number of aromatic amines is 1. The Balaban J connectivity index is 1.49. The molecule has 0 aliphatic carbocycles. The van der Waals surface area contributed by atoms with Crippen LogP contribution in [0.1, 0.15) is 69.5 Å². The molecule has 0 radical (unpaired) electrons. The van der Waals surface area contributed by atoms with Crippen LogP contribution >= 0.6 is 8.53 Å². The van der Waals surface area contributed by atoms with Gasteiger partial charge in [-0.3, -0.25) is 14.3 Å². The number of ether oxygens (including phenoxy) is 6. The Morgan fingerprint density at radius 2 is 1.37 bits per heavy atom. The number of hydrogen-bond acceptors (Lipinski definition) is 12. The van der Waals surface area contributed by atoms with Gasteiger partial charge in [0.2, 0.25) is 0 Å². The molecule has 6 rings (SSSR count). The Bertz CT molecular complexity index is 2270. The van der Waals surface area contributed by atoms with Crippen LogP contribution in [0, 0.1) is 11.3 Å². The van der Waals surface area contributed by atoms with Gasteiger partial charge < -0.3 is 37.5 Å². The zero-order valence-electron chi connectivity index (χ0n) is 36.8. The van der Waals surface area contributed by atoms with E-state index in [2.05, 4.69) is 15.7 Å². The smallest absolute Gasteiger partial charge is 0.330 e. The van der Waals surface area contributed by atoms with E-state index in [1.165, 1.54) is 16.8 Å². The Morgan fingerprint density at radius 1 is 0.794 bits per heavy atom. The van der Waals surface area contributed by atoms with Gasteiger partial charge in [0.25, 0.3) is 14.1 Å². The fourth-order valence-electron chi connectivity index (χ4n) is 7.69. The fourth-order valence-corrected chi connectivity index (χ4v) is 9.46. The third-order valence-corrected chi connectivity index (χ3v) is 12.7. The van der Waals surface area contributed by atoms with Crippen molar-refractivity contribution in [3.8, 4) is 17.6 Å². The number of hydrogen-bond donors (Lipinski definition) is 1. The van der Waals surface area contributed by atoms with E-state index in [1.54, 1.807) is 21.1 Å². The highest BCUT2D eigenvalue weighted by atomic mass is 31.2. The highest BCUT2D eigenvalue weighted by Gasteiger charge is 2.52. The summed E-state index contributed by atoms with van der Waals surface area (Å²) in [5, 5.41) is 9.51. The third kappa shape index (κ3) is 11.5. The molecule has 1 aromatic heterocycles. The molecule has 1 aliphatic rings. The van der Waals surface area contributed by atoms with Gasteiger partial charge in [0.05, 0.1) is 46.5 Å². The number of nitrogens with zero attached hydrogens (tertiary/aromatic N) is 3. The summed E-state index contributed by atoms with van der Waals surface area (Å²) in [6, 6.07) is 38.3. The molecule has 0 spiro atoms. The maximum atomic E-state index is 13.6. The van der Waals surface area contributed by atoms with Crippen LogP contribution in [0.15, 0.2) is 131 Å². The van der Waals surface area contributed by atoms with Crippen molar-refractivity contribution in [2.75, 3.05) is 27.4 Å². The van der Waals surface area contributed by atoms with Crippen LogP contribution in [0.3, 0.4) is 0 Å². The second-order valence-corrected chi connectivity index (χ2v) is 16.9. The van der Waals surface area contributed by atoms with Crippen molar-refractivity contribution in [3.63, 3.8) is 0 Å². The van der Waals surface area contributed by atoms with Crippen molar-refractivity contribution in [1.29, 1.82) is 5.26 Å². The maximum Gasteiger partial charge on any atom is 0.330 e. The van der Waals surface area contributed by atoms with Crippen molar-refractivity contribution in [3.05, 3.63) is 165 Å². The van der Waals surface area contributed by atoms with E-state index in [0.717, 1.165) is 22.3 Å². The van der Waals surface area contributed by atoms with E-state index >= 15 is 0 Å². The van der Waals surface area contributed by atoms with Gasteiger partial charge >= 0.3 is 5.69 Å². The third-order valence-electron chi connectivity index (χ3n) is 10.6. The predicted molar refractivity (Wildman–Crippen MR) is 239 cm³/mol. The summed E-state index contributed by atoms with van der Waals surface area (Å²) in [5.41, 5.74) is 0.861. The van der Waals surface area contributed by atoms with E-state index in [-0.39, 0.29) is 38.3 Å². The van der Waals surface area contributed by atoms with E-state index < -0.39 is 56.2 Å². The van der Waals surface area contributed by atoms with E-state index in [0.29, 0.717) is 11.5 Å². The number of rotatable bonds is 22. The quantitative estimate of drug-likeness (QED) is 0.0309. The molecule has 14 nitrogen and oxygen atoms in total. The second kappa shape index (κ2) is 22.4. The minimum Gasteiger partial charge on any atom is -0.497 e. The Morgan fingerprint density at radius 3 is 1.90 bits per heavy atom. The largest absolute Gasteiger partial charge is 0.497 e. The minimum absolute atomic E-state index is 0.0313. The van der Waals surface area contributed by atoms with Crippen LogP contribution in [-0.2, 0) is 40.2 Å². The monoisotopic (exact) mass is 880 g/mol. The Labute approximate surface area is 370 Å². The molecule has 1 fully saturated rings. The zero-order valence-corrected chi connectivity index (χ0v) is 37.7. The molecule has 1 aliphatic heterocycles. The number of benzene rings is 4. The molecular weight excluding hydrogens is 824 g/mol. The van der Waals surface area contributed by atoms with Gasteiger partial charge in [-0.25, -0.2) is 9.46 Å². The lowest BCUT2D eigenvalue weighted by atomic mass is 9.80. The number of nitriles is 1. The lowest BCUT2D eigenvalue weighted by molar-refractivity contribution is -0.197. The molecule has 0 saturated carbocycles. The molecule has 0 amide bonds. The van der Waals surface area contributed by atoms with Crippen molar-refractivity contribution in [2.24, 2.45) is 0 Å².